The Balaban J connectivity index is 1.93. The Morgan fingerprint density at radius 2 is 1.73 bits per heavy atom. The number of guanidine groups is 1. The van der Waals surface area contributed by atoms with Crippen molar-refractivity contribution in [3.8, 4) is 5.75 Å². The van der Waals surface area contributed by atoms with Crippen LogP contribution in [-0.2, 0) is 6.54 Å². The summed E-state index contributed by atoms with van der Waals surface area (Å²) in [6, 6.07) is 14.8. The molecule has 4 N–H and O–H groups in total. The highest BCUT2D eigenvalue weighted by atomic mass is 16.5. The summed E-state index contributed by atoms with van der Waals surface area (Å²) < 4.78 is 5.63. The van der Waals surface area contributed by atoms with E-state index in [0.29, 0.717) is 31.2 Å². The second-order valence-electron chi connectivity index (χ2n) is 7.10. The fourth-order valence-electron chi connectivity index (χ4n) is 2.77. The van der Waals surface area contributed by atoms with Gasteiger partial charge >= 0.3 is 0 Å². The minimum Gasteiger partial charge on any atom is -0.491 e. The molecule has 7 heteroatoms. The van der Waals surface area contributed by atoms with E-state index in [4.69, 9.17) is 4.74 Å². The van der Waals surface area contributed by atoms with Crippen molar-refractivity contribution in [1.82, 2.24) is 16.0 Å². The Hall–Kier alpha value is -3.06. The summed E-state index contributed by atoms with van der Waals surface area (Å²) in [4.78, 5) is 16.2. The number of aliphatic hydroxyl groups excluding tert-OH is 1. The molecule has 2 aromatic carbocycles. The Morgan fingerprint density at radius 3 is 2.30 bits per heavy atom. The van der Waals surface area contributed by atoms with E-state index < -0.39 is 6.10 Å². The van der Waals surface area contributed by atoms with Gasteiger partial charge in [0.1, 0.15) is 5.75 Å². The standard InChI is InChI=1S/C23H32N4O3/c1-5-25-23(26-14-17-6-8-19(9-7-17)22(29)24-4)27-15-21(28)18-10-12-20(13-11-18)30-16(2)3/h6-13,16,21,28H,5,14-15H2,1-4H3,(H,24,29)(H2,25,26,27). The molecule has 0 aromatic heterocycles. The van der Waals surface area contributed by atoms with E-state index in [1.165, 1.54) is 0 Å². The van der Waals surface area contributed by atoms with Gasteiger partial charge in [-0.25, -0.2) is 4.99 Å². The molecule has 0 bridgehead atoms. The average molecular weight is 413 g/mol. The summed E-state index contributed by atoms with van der Waals surface area (Å²) in [5.41, 5.74) is 2.41. The zero-order valence-electron chi connectivity index (χ0n) is 18.1. The number of benzene rings is 2. The number of rotatable bonds is 9. The molecule has 0 saturated carbocycles. The number of carbonyl (C=O) groups is 1. The van der Waals surface area contributed by atoms with Gasteiger partial charge < -0.3 is 25.8 Å². The van der Waals surface area contributed by atoms with Gasteiger partial charge in [-0.05, 0) is 56.2 Å². The first-order chi connectivity index (χ1) is 14.4. The Labute approximate surface area is 178 Å². The molecule has 0 aliphatic rings. The zero-order valence-corrected chi connectivity index (χ0v) is 18.1. The summed E-state index contributed by atoms with van der Waals surface area (Å²) in [6.45, 7) is 7.43. The fourth-order valence-corrected chi connectivity index (χ4v) is 2.77. The van der Waals surface area contributed by atoms with Crippen LogP contribution in [0.1, 0.15) is 48.4 Å². The molecule has 2 rings (SSSR count). The molecular weight excluding hydrogens is 380 g/mol. The number of carbonyl (C=O) groups excluding carboxylic acids is 1. The summed E-state index contributed by atoms with van der Waals surface area (Å²) in [5.74, 6) is 1.29. The number of aliphatic hydroxyl groups is 1. The third-order valence-electron chi connectivity index (χ3n) is 4.31. The maximum Gasteiger partial charge on any atom is 0.251 e. The van der Waals surface area contributed by atoms with Crippen molar-refractivity contribution in [2.75, 3.05) is 20.1 Å². The van der Waals surface area contributed by atoms with Crippen molar-refractivity contribution in [3.63, 3.8) is 0 Å². The van der Waals surface area contributed by atoms with Crippen LogP contribution in [0.3, 0.4) is 0 Å². The molecule has 1 amide bonds. The van der Waals surface area contributed by atoms with Crippen LogP contribution in [0.4, 0.5) is 0 Å². The van der Waals surface area contributed by atoms with Gasteiger partial charge in [0, 0.05) is 25.7 Å². The van der Waals surface area contributed by atoms with Gasteiger partial charge in [-0.2, -0.15) is 0 Å². The Bertz CT molecular complexity index is 817. The predicted octanol–water partition coefficient (Wildman–Crippen LogP) is 2.62. The topological polar surface area (TPSA) is 95.0 Å². The van der Waals surface area contributed by atoms with Crippen LogP contribution in [-0.4, -0.2) is 43.2 Å². The molecule has 1 unspecified atom stereocenters. The van der Waals surface area contributed by atoms with E-state index in [1.54, 1.807) is 19.2 Å². The quantitative estimate of drug-likeness (QED) is 0.375. The number of ether oxygens (including phenoxy) is 1. The molecule has 2 aromatic rings. The van der Waals surface area contributed by atoms with E-state index in [9.17, 15) is 9.90 Å². The first-order valence-corrected chi connectivity index (χ1v) is 10.2. The molecule has 0 aliphatic heterocycles. The van der Waals surface area contributed by atoms with Crippen molar-refractivity contribution in [3.05, 3.63) is 65.2 Å². The van der Waals surface area contributed by atoms with Gasteiger partial charge in [-0.1, -0.05) is 24.3 Å². The maximum atomic E-state index is 11.6. The molecule has 162 valence electrons. The van der Waals surface area contributed by atoms with Crippen LogP contribution in [0, 0.1) is 0 Å². The minimum atomic E-state index is -0.672. The first-order valence-electron chi connectivity index (χ1n) is 10.2. The lowest BCUT2D eigenvalue weighted by Gasteiger charge is -2.16. The van der Waals surface area contributed by atoms with E-state index >= 15 is 0 Å². The number of nitrogens with zero attached hydrogens (tertiary/aromatic N) is 1. The summed E-state index contributed by atoms with van der Waals surface area (Å²) in [7, 11) is 1.61. The molecular formula is C23H32N4O3. The van der Waals surface area contributed by atoms with Crippen LogP contribution >= 0.6 is 0 Å². The molecule has 0 heterocycles. The van der Waals surface area contributed by atoms with Crippen LogP contribution in [0.2, 0.25) is 0 Å². The number of nitrogens with one attached hydrogen (secondary N) is 3. The normalized spacial score (nSPS) is 12.4. The van der Waals surface area contributed by atoms with Gasteiger partial charge in [0.25, 0.3) is 5.91 Å². The second-order valence-corrected chi connectivity index (χ2v) is 7.10. The minimum absolute atomic E-state index is 0.112. The molecule has 0 fully saturated rings. The molecule has 0 spiro atoms. The van der Waals surface area contributed by atoms with Crippen molar-refractivity contribution < 1.29 is 14.6 Å². The Morgan fingerprint density at radius 1 is 1.07 bits per heavy atom. The molecule has 0 radical (unpaired) electrons. The summed E-state index contributed by atoms with van der Waals surface area (Å²) in [6.07, 6.45) is -0.560. The smallest absolute Gasteiger partial charge is 0.251 e. The largest absolute Gasteiger partial charge is 0.491 e. The van der Waals surface area contributed by atoms with Crippen molar-refractivity contribution >= 4 is 11.9 Å². The van der Waals surface area contributed by atoms with Gasteiger partial charge in [0.2, 0.25) is 0 Å². The number of hydrogen-bond donors (Lipinski definition) is 4. The second kappa shape index (κ2) is 11.8. The van der Waals surface area contributed by atoms with Crippen LogP contribution in [0.5, 0.6) is 5.75 Å². The molecule has 30 heavy (non-hydrogen) atoms. The number of aliphatic imine (C=N–C) groups is 1. The molecule has 1 atom stereocenters. The number of amides is 1. The van der Waals surface area contributed by atoms with E-state index in [0.717, 1.165) is 16.9 Å². The van der Waals surface area contributed by atoms with Gasteiger partial charge in [-0.15, -0.1) is 0 Å². The SMILES string of the molecule is CCNC(=NCc1ccc(C(=O)NC)cc1)NCC(O)c1ccc(OC(C)C)cc1. The zero-order chi connectivity index (χ0) is 21.9. The molecule has 0 saturated heterocycles. The third kappa shape index (κ3) is 7.40. The van der Waals surface area contributed by atoms with Crippen molar-refractivity contribution in [2.45, 2.75) is 39.5 Å². The molecule has 7 nitrogen and oxygen atoms in total. The fraction of sp³-hybridized carbons (Fsp3) is 0.391. The third-order valence-corrected chi connectivity index (χ3v) is 4.31. The highest BCUT2D eigenvalue weighted by molar-refractivity contribution is 5.93. The Kier molecular flexibility index (Phi) is 9.15. The monoisotopic (exact) mass is 412 g/mol. The van der Waals surface area contributed by atoms with Gasteiger partial charge in [0.05, 0.1) is 18.8 Å². The summed E-state index contributed by atoms with van der Waals surface area (Å²) >= 11 is 0. The van der Waals surface area contributed by atoms with E-state index in [-0.39, 0.29) is 12.0 Å². The van der Waals surface area contributed by atoms with E-state index in [2.05, 4.69) is 20.9 Å². The predicted molar refractivity (Wildman–Crippen MR) is 120 cm³/mol. The lowest BCUT2D eigenvalue weighted by molar-refractivity contribution is 0.0963. The van der Waals surface area contributed by atoms with Gasteiger partial charge in [0.15, 0.2) is 5.96 Å². The van der Waals surface area contributed by atoms with Crippen LogP contribution < -0.4 is 20.7 Å². The van der Waals surface area contributed by atoms with E-state index in [1.807, 2.05) is 57.2 Å². The van der Waals surface area contributed by atoms with Crippen LogP contribution in [0.15, 0.2) is 53.5 Å². The van der Waals surface area contributed by atoms with Crippen LogP contribution in [0.25, 0.3) is 0 Å². The van der Waals surface area contributed by atoms with Crippen molar-refractivity contribution in [1.29, 1.82) is 0 Å². The molecule has 0 aliphatic carbocycles. The van der Waals surface area contributed by atoms with Gasteiger partial charge in [-0.3, -0.25) is 4.79 Å². The lowest BCUT2D eigenvalue weighted by Crippen LogP contribution is -2.39. The lowest BCUT2D eigenvalue weighted by atomic mass is 10.1. The average Bonchev–Trinajstić information content (AvgIpc) is 2.75. The van der Waals surface area contributed by atoms with Crippen molar-refractivity contribution in [2.24, 2.45) is 4.99 Å². The summed E-state index contributed by atoms with van der Waals surface area (Å²) in [5, 5.41) is 19.4. The highest BCUT2D eigenvalue weighted by Gasteiger charge is 2.09. The maximum absolute atomic E-state index is 11.6. The highest BCUT2D eigenvalue weighted by Crippen LogP contribution is 2.18. The number of hydrogen-bond acceptors (Lipinski definition) is 4. The first kappa shape index (κ1) is 23.2.